The van der Waals surface area contributed by atoms with Crippen molar-refractivity contribution in [3.63, 3.8) is 0 Å². The first-order valence-electron chi connectivity index (χ1n) is 11.7. The third-order valence-electron chi connectivity index (χ3n) is 6.75. The van der Waals surface area contributed by atoms with Crippen LogP contribution in [-0.2, 0) is 11.2 Å². The number of hydrogen-bond donors (Lipinski definition) is 1. The maximum Gasteiger partial charge on any atom is 0.269 e. The number of anilines is 2. The molecule has 34 heavy (non-hydrogen) atoms. The Hall–Kier alpha value is -3.00. The zero-order valence-corrected chi connectivity index (χ0v) is 20.5. The molecule has 0 bridgehead atoms. The van der Waals surface area contributed by atoms with Crippen LogP contribution in [0.15, 0.2) is 36.4 Å². The van der Waals surface area contributed by atoms with Crippen molar-refractivity contribution in [3.05, 3.63) is 57.1 Å². The van der Waals surface area contributed by atoms with Gasteiger partial charge in [0.25, 0.3) is 5.69 Å². The molecule has 2 aromatic rings. The highest BCUT2D eigenvalue weighted by atomic mass is 35.5. The number of amides is 1. The van der Waals surface area contributed by atoms with E-state index in [2.05, 4.69) is 29.0 Å². The van der Waals surface area contributed by atoms with Crippen LogP contribution in [0, 0.1) is 22.0 Å². The number of benzene rings is 2. The summed E-state index contributed by atoms with van der Waals surface area (Å²) in [5, 5.41) is 15.1. The van der Waals surface area contributed by atoms with Crippen molar-refractivity contribution in [3.8, 4) is 5.75 Å². The Kier molecular flexibility index (Phi) is 7.16. The smallest absolute Gasteiger partial charge is 0.269 e. The summed E-state index contributed by atoms with van der Waals surface area (Å²) in [7, 11) is 1.64. The van der Waals surface area contributed by atoms with E-state index in [0.717, 1.165) is 29.1 Å². The van der Waals surface area contributed by atoms with Crippen molar-refractivity contribution in [2.45, 2.75) is 32.7 Å². The summed E-state index contributed by atoms with van der Waals surface area (Å²) in [6.07, 6.45) is 1.37. The van der Waals surface area contributed by atoms with Gasteiger partial charge in [0.15, 0.2) is 0 Å². The molecular formula is C25H31ClN4O4. The maximum absolute atomic E-state index is 13.3. The zero-order chi connectivity index (χ0) is 24.4. The molecule has 2 aliphatic rings. The molecular weight excluding hydrogens is 456 g/mol. The Bertz CT molecular complexity index is 1080. The summed E-state index contributed by atoms with van der Waals surface area (Å²) in [5.41, 5.74) is 2.78. The van der Waals surface area contributed by atoms with Crippen LogP contribution in [0.2, 0.25) is 5.02 Å². The molecule has 4 rings (SSSR count). The van der Waals surface area contributed by atoms with Gasteiger partial charge in [-0.2, -0.15) is 0 Å². The Morgan fingerprint density at radius 1 is 1.24 bits per heavy atom. The molecule has 2 heterocycles. The number of nitrogens with zero attached hydrogens (tertiary/aromatic N) is 3. The summed E-state index contributed by atoms with van der Waals surface area (Å²) in [4.78, 5) is 28.8. The first kappa shape index (κ1) is 24.1. The Labute approximate surface area is 205 Å². The molecule has 0 aromatic heterocycles. The van der Waals surface area contributed by atoms with Gasteiger partial charge < -0.3 is 19.9 Å². The molecule has 1 fully saturated rings. The fourth-order valence-corrected chi connectivity index (χ4v) is 5.13. The van der Waals surface area contributed by atoms with Crippen molar-refractivity contribution in [1.29, 1.82) is 0 Å². The molecule has 2 aliphatic heterocycles. The number of ether oxygens (including phenoxy) is 1. The molecule has 1 N–H and O–H groups in total. The number of carbonyl (C=O) groups excluding carboxylic acids is 1. The second kappa shape index (κ2) is 10.1. The zero-order valence-electron chi connectivity index (χ0n) is 19.8. The second-order valence-corrected chi connectivity index (χ2v) is 9.81. The predicted molar refractivity (Wildman–Crippen MR) is 134 cm³/mol. The van der Waals surface area contributed by atoms with Crippen LogP contribution in [0.4, 0.5) is 17.1 Å². The van der Waals surface area contributed by atoms with Crippen LogP contribution in [0.3, 0.4) is 0 Å². The normalized spacial score (nSPS) is 19.4. The minimum absolute atomic E-state index is 0.00675. The fourth-order valence-electron chi connectivity index (χ4n) is 4.97. The number of rotatable bonds is 7. The van der Waals surface area contributed by atoms with Crippen LogP contribution >= 0.6 is 11.6 Å². The van der Waals surface area contributed by atoms with Crippen molar-refractivity contribution in [1.82, 2.24) is 5.32 Å². The van der Waals surface area contributed by atoms with Gasteiger partial charge in [-0.3, -0.25) is 14.9 Å². The van der Waals surface area contributed by atoms with Gasteiger partial charge in [-0.15, -0.1) is 0 Å². The minimum atomic E-state index is -0.382. The minimum Gasteiger partial charge on any atom is -0.495 e. The highest BCUT2D eigenvalue weighted by molar-refractivity contribution is 6.31. The van der Waals surface area contributed by atoms with Gasteiger partial charge in [-0.25, -0.2) is 0 Å². The SMILES string of the molecule is COc1ccc(Cl)cc1N1CCN2c3ccc([N+](=O)[O-])cc3C[C@H](C(=O)NCCC(C)C)[C@H]2C1. The lowest BCUT2D eigenvalue weighted by Crippen LogP contribution is -2.61. The number of piperazine rings is 1. The van der Waals surface area contributed by atoms with E-state index >= 15 is 0 Å². The number of fused-ring (bicyclic) bond motifs is 3. The standard InChI is InChI=1S/C25H31ClN4O4/c1-16(2)8-9-27-25(31)20-13-17-12-19(30(32)33)5-6-21(17)29-11-10-28(15-23(20)29)22-14-18(26)4-7-24(22)34-3/h4-7,12,14,16,20,23H,8-11,13,15H2,1-3H3,(H,27,31)/t20-,23+/m0/s1. The molecule has 0 aliphatic carbocycles. The Morgan fingerprint density at radius 3 is 2.74 bits per heavy atom. The first-order chi connectivity index (χ1) is 16.3. The highest BCUT2D eigenvalue weighted by Crippen LogP contribution is 2.40. The molecule has 0 radical (unpaired) electrons. The number of nitrogens with one attached hydrogen (secondary N) is 1. The number of non-ortho nitro benzene ring substituents is 1. The van der Waals surface area contributed by atoms with Crippen molar-refractivity contribution in [2.24, 2.45) is 11.8 Å². The van der Waals surface area contributed by atoms with Crippen LogP contribution in [0.5, 0.6) is 5.75 Å². The monoisotopic (exact) mass is 486 g/mol. The highest BCUT2D eigenvalue weighted by Gasteiger charge is 2.42. The van der Waals surface area contributed by atoms with Crippen LogP contribution in [-0.4, -0.2) is 50.2 Å². The van der Waals surface area contributed by atoms with Gasteiger partial charge in [0.2, 0.25) is 5.91 Å². The van der Waals surface area contributed by atoms with Crippen LogP contribution < -0.4 is 19.9 Å². The molecule has 1 saturated heterocycles. The predicted octanol–water partition coefficient (Wildman–Crippen LogP) is 4.29. The molecule has 9 heteroatoms. The van der Waals surface area contributed by atoms with Crippen molar-refractivity contribution >= 4 is 34.6 Å². The van der Waals surface area contributed by atoms with Gasteiger partial charge in [0.05, 0.1) is 29.7 Å². The van der Waals surface area contributed by atoms with E-state index in [9.17, 15) is 14.9 Å². The number of halogens is 1. The second-order valence-electron chi connectivity index (χ2n) is 9.38. The average Bonchev–Trinajstić information content (AvgIpc) is 2.82. The number of nitro groups is 1. The molecule has 2 atom stereocenters. The number of hydrogen-bond acceptors (Lipinski definition) is 6. The molecule has 1 amide bonds. The Balaban J connectivity index is 1.66. The summed E-state index contributed by atoms with van der Waals surface area (Å²) < 4.78 is 5.57. The van der Waals surface area contributed by atoms with E-state index in [4.69, 9.17) is 16.3 Å². The van der Waals surface area contributed by atoms with Crippen LogP contribution in [0.25, 0.3) is 0 Å². The lowest BCUT2D eigenvalue weighted by atomic mass is 9.83. The molecule has 8 nitrogen and oxygen atoms in total. The third-order valence-corrected chi connectivity index (χ3v) is 6.98. The first-order valence-corrected chi connectivity index (χ1v) is 12.1. The summed E-state index contributed by atoms with van der Waals surface area (Å²) in [6.45, 7) is 6.89. The largest absolute Gasteiger partial charge is 0.495 e. The molecule has 182 valence electrons. The number of methoxy groups -OCH3 is 1. The lowest BCUT2D eigenvalue weighted by molar-refractivity contribution is -0.384. The van der Waals surface area contributed by atoms with E-state index in [1.807, 2.05) is 18.2 Å². The van der Waals surface area contributed by atoms with E-state index in [-0.39, 0.29) is 28.5 Å². The number of carbonyl (C=O) groups is 1. The Morgan fingerprint density at radius 2 is 2.03 bits per heavy atom. The average molecular weight is 487 g/mol. The quantitative estimate of drug-likeness (QED) is 0.464. The topological polar surface area (TPSA) is 87.9 Å². The summed E-state index contributed by atoms with van der Waals surface area (Å²) in [5.74, 6) is 0.900. The van der Waals surface area contributed by atoms with Gasteiger partial charge in [0, 0.05) is 49.0 Å². The summed E-state index contributed by atoms with van der Waals surface area (Å²) in [6, 6.07) is 10.5. The number of nitro benzene ring substituents is 1. The van der Waals surface area contributed by atoms with E-state index in [1.54, 1.807) is 25.3 Å². The van der Waals surface area contributed by atoms with Crippen molar-refractivity contribution in [2.75, 3.05) is 43.1 Å². The van der Waals surface area contributed by atoms with E-state index in [0.29, 0.717) is 43.5 Å². The van der Waals surface area contributed by atoms with Gasteiger partial charge >= 0.3 is 0 Å². The molecule has 0 saturated carbocycles. The fraction of sp³-hybridized carbons (Fsp3) is 0.480. The molecule has 2 aromatic carbocycles. The van der Waals surface area contributed by atoms with Gasteiger partial charge in [-0.1, -0.05) is 25.4 Å². The molecule has 0 spiro atoms. The van der Waals surface area contributed by atoms with Crippen LogP contribution in [0.1, 0.15) is 25.8 Å². The summed E-state index contributed by atoms with van der Waals surface area (Å²) >= 11 is 6.29. The maximum atomic E-state index is 13.3. The van der Waals surface area contributed by atoms with Crippen molar-refractivity contribution < 1.29 is 14.5 Å². The molecule has 0 unspecified atom stereocenters. The van der Waals surface area contributed by atoms with Gasteiger partial charge in [-0.05, 0) is 48.6 Å². The van der Waals surface area contributed by atoms with Gasteiger partial charge in [0.1, 0.15) is 5.75 Å². The van der Waals surface area contributed by atoms with E-state index in [1.165, 1.54) is 0 Å². The third kappa shape index (κ3) is 4.92. The lowest BCUT2D eigenvalue weighted by Gasteiger charge is -2.49. The van der Waals surface area contributed by atoms with E-state index < -0.39 is 0 Å².